The van der Waals surface area contributed by atoms with Crippen molar-refractivity contribution in [2.24, 2.45) is 5.92 Å². The molecule has 1 unspecified atom stereocenters. The molecule has 4 rings (SSSR count). The first-order chi connectivity index (χ1) is 15.0. The van der Waals surface area contributed by atoms with Crippen LogP contribution in [0.25, 0.3) is 11.2 Å². The summed E-state index contributed by atoms with van der Waals surface area (Å²) in [6.07, 6.45) is 8.02. The monoisotopic (exact) mass is 488 g/mol. The zero-order valence-corrected chi connectivity index (χ0v) is 18.7. The molecular formula is C16H22N6O8P2. The molecule has 174 valence electrons. The molecule has 0 bridgehead atoms. The summed E-state index contributed by atoms with van der Waals surface area (Å²) in [7, 11) is -8.31. The van der Waals surface area contributed by atoms with E-state index in [0.717, 1.165) is 12.8 Å². The molecule has 14 nitrogen and oxygen atoms in total. The van der Waals surface area contributed by atoms with Gasteiger partial charge in [0.25, 0.3) is 0 Å². The molecule has 2 aliphatic rings. The van der Waals surface area contributed by atoms with Crippen LogP contribution in [-0.2, 0) is 22.7 Å². The van der Waals surface area contributed by atoms with Gasteiger partial charge in [-0.15, -0.1) is 6.42 Å². The molecule has 1 aliphatic heterocycles. The van der Waals surface area contributed by atoms with Crippen LogP contribution in [0.3, 0.4) is 0 Å². The molecule has 0 amide bonds. The number of rotatable bonds is 8. The van der Waals surface area contributed by atoms with Crippen molar-refractivity contribution in [1.82, 2.24) is 19.5 Å². The minimum atomic E-state index is -5.22. The Balaban J connectivity index is 1.55. The van der Waals surface area contributed by atoms with E-state index in [0.29, 0.717) is 23.0 Å². The van der Waals surface area contributed by atoms with Gasteiger partial charge in [-0.05, 0) is 19.3 Å². The highest BCUT2D eigenvalue weighted by molar-refractivity contribution is 7.60. The highest BCUT2D eigenvalue weighted by atomic mass is 31.3. The number of ether oxygens (including phenoxy) is 1. The van der Waals surface area contributed by atoms with Crippen molar-refractivity contribution >= 4 is 38.6 Å². The fraction of sp³-hybridized carbons (Fsp3) is 0.562. The summed E-state index contributed by atoms with van der Waals surface area (Å²) in [6, 6.07) is 0.366. The number of nitrogens with zero attached hydrogens (tertiary/aromatic N) is 5. The van der Waals surface area contributed by atoms with Crippen LogP contribution in [0.1, 0.15) is 25.5 Å². The number of nitrogen functional groups attached to an aromatic ring is 1. The number of phosphoric acid groups is 2. The predicted molar refractivity (Wildman–Crippen MR) is 111 cm³/mol. The summed E-state index contributed by atoms with van der Waals surface area (Å²) in [5, 5.41) is 0. The van der Waals surface area contributed by atoms with Gasteiger partial charge in [-0.2, -0.15) is 14.3 Å². The Hall–Kier alpha value is -2.07. The van der Waals surface area contributed by atoms with Gasteiger partial charge in [0.1, 0.15) is 0 Å². The zero-order chi connectivity index (χ0) is 23.3. The number of phosphoric ester groups is 1. The van der Waals surface area contributed by atoms with E-state index in [1.807, 2.05) is 11.9 Å². The maximum Gasteiger partial charge on any atom is 0.481 e. The third-order valence-electron chi connectivity index (χ3n) is 5.16. The van der Waals surface area contributed by atoms with Crippen molar-refractivity contribution in [3.05, 3.63) is 6.33 Å². The highest BCUT2D eigenvalue weighted by Crippen LogP contribution is 2.57. The normalized spacial score (nSPS) is 25.5. The zero-order valence-electron chi connectivity index (χ0n) is 16.9. The van der Waals surface area contributed by atoms with Gasteiger partial charge in [0, 0.05) is 13.1 Å². The Kier molecular flexibility index (Phi) is 6.04. The van der Waals surface area contributed by atoms with E-state index in [1.54, 1.807) is 4.57 Å². The fourth-order valence-corrected chi connectivity index (χ4v) is 5.20. The van der Waals surface area contributed by atoms with Gasteiger partial charge < -0.3 is 30.1 Å². The second kappa shape index (κ2) is 8.37. The second-order valence-corrected chi connectivity index (χ2v) is 10.4. The molecule has 2 aromatic rings. The number of hydrogen-bond donors (Lipinski definition) is 4. The van der Waals surface area contributed by atoms with Crippen molar-refractivity contribution in [2.45, 2.75) is 37.6 Å². The largest absolute Gasteiger partial charge is 0.481 e. The Morgan fingerprint density at radius 3 is 2.72 bits per heavy atom. The van der Waals surface area contributed by atoms with Crippen molar-refractivity contribution in [2.75, 3.05) is 24.3 Å². The molecule has 0 spiro atoms. The van der Waals surface area contributed by atoms with Crippen LogP contribution in [0.2, 0.25) is 0 Å². The summed E-state index contributed by atoms with van der Waals surface area (Å²) >= 11 is 0. The molecular weight excluding hydrogens is 466 g/mol. The first-order valence-corrected chi connectivity index (χ1v) is 12.6. The maximum atomic E-state index is 11.7. The Morgan fingerprint density at radius 2 is 2.09 bits per heavy atom. The number of nitrogens with two attached hydrogens (primary N) is 1. The van der Waals surface area contributed by atoms with Crippen LogP contribution in [0.5, 0.6) is 0 Å². The van der Waals surface area contributed by atoms with E-state index in [9.17, 15) is 14.0 Å². The van der Waals surface area contributed by atoms with Crippen molar-refractivity contribution < 1.29 is 37.4 Å². The maximum absolute atomic E-state index is 11.7. The van der Waals surface area contributed by atoms with Gasteiger partial charge >= 0.3 is 15.6 Å². The van der Waals surface area contributed by atoms with Crippen LogP contribution in [0.4, 0.5) is 11.8 Å². The molecule has 5 N–H and O–H groups in total. The lowest BCUT2D eigenvalue weighted by molar-refractivity contribution is -0.0259. The molecule has 2 fully saturated rings. The molecule has 4 atom stereocenters. The standard InChI is InChI=1S/C16H22N6O8P2/c1-3-9-6-11(7-28-32(26,27)30-31(23,24)25)29-15(9)22-8-18-12-13(21(2)10-4-5-10)19-16(17)20-14(12)22/h1,8-11,15H,4-7H2,2H3,(H,26,27)(H2,17,19,20)(H2,23,24,25)/t9-,11-,15+/m0/s1. The van der Waals surface area contributed by atoms with Crippen LogP contribution in [-0.4, -0.2) is 60.0 Å². The molecule has 1 saturated carbocycles. The third-order valence-corrected chi connectivity index (χ3v) is 7.31. The predicted octanol–water partition coefficient (Wildman–Crippen LogP) is 0.770. The number of aromatic nitrogens is 4. The van der Waals surface area contributed by atoms with E-state index >= 15 is 0 Å². The van der Waals surface area contributed by atoms with Gasteiger partial charge in [0.15, 0.2) is 23.2 Å². The fourth-order valence-electron chi connectivity index (χ4n) is 3.58. The highest BCUT2D eigenvalue weighted by Gasteiger charge is 2.40. The summed E-state index contributed by atoms with van der Waals surface area (Å²) in [5.74, 6) is 2.80. The van der Waals surface area contributed by atoms with Gasteiger partial charge in [0.2, 0.25) is 5.95 Å². The van der Waals surface area contributed by atoms with Crippen LogP contribution >= 0.6 is 15.6 Å². The Morgan fingerprint density at radius 1 is 1.38 bits per heavy atom. The molecule has 16 heteroatoms. The van der Waals surface area contributed by atoms with Gasteiger partial charge in [-0.25, -0.2) is 14.1 Å². The molecule has 32 heavy (non-hydrogen) atoms. The number of fused-ring (bicyclic) bond motifs is 1. The van der Waals surface area contributed by atoms with E-state index in [4.69, 9.17) is 26.7 Å². The first kappa shape index (κ1) is 23.1. The molecule has 1 aliphatic carbocycles. The lowest BCUT2D eigenvalue weighted by atomic mass is 10.0. The molecule has 0 radical (unpaired) electrons. The average Bonchev–Trinajstić information content (AvgIpc) is 3.32. The van der Waals surface area contributed by atoms with E-state index in [2.05, 4.69) is 29.7 Å². The Labute approximate surface area is 182 Å². The molecule has 0 aromatic carbocycles. The molecule has 1 saturated heterocycles. The van der Waals surface area contributed by atoms with E-state index < -0.39 is 40.5 Å². The summed E-state index contributed by atoms with van der Waals surface area (Å²) in [4.78, 5) is 41.9. The topological polar surface area (TPSA) is 195 Å². The van der Waals surface area contributed by atoms with E-state index in [1.165, 1.54) is 6.33 Å². The quantitative estimate of drug-likeness (QED) is 0.301. The SMILES string of the molecule is C#C[C@H]1C[C@@H](COP(=O)(O)OP(=O)(O)O)O[C@H]1n1cnc2c(N(C)C3CC3)nc(N)nc21. The number of terminal acetylenes is 1. The number of anilines is 2. The average molecular weight is 488 g/mol. The van der Waals surface area contributed by atoms with Crippen LogP contribution in [0.15, 0.2) is 6.33 Å². The first-order valence-electron chi connectivity index (χ1n) is 9.56. The minimum absolute atomic E-state index is 0.0627. The lowest BCUT2D eigenvalue weighted by Gasteiger charge is -2.20. The smallest absolute Gasteiger partial charge is 0.368 e. The summed E-state index contributed by atoms with van der Waals surface area (Å²) < 4.78 is 38.4. The van der Waals surface area contributed by atoms with Gasteiger partial charge in [0.05, 0.1) is 25.0 Å². The van der Waals surface area contributed by atoms with Gasteiger partial charge in [-0.3, -0.25) is 9.09 Å². The van der Waals surface area contributed by atoms with Crippen LogP contribution in [0, 0.1) is 18.3 Å². The Bertz CT molecular complexity index is 1160. The van der Waals surface area contributed by atoms with Crippen molar-refractivity contribution in [3.8, 4) is 12.3 Å². The second-order valence-electron chi connectivity index (χ2n) is 7.57. The lowest BCUT2D eigenvalue weighted by Crippen LogP contribution is -2.22. The van der Waals surface area contributed by atoms with Crippen LogP contribution < -0.4 is 10.6 Å². The number of imidazole rings is 1. The van der Waals surface area contributed by atoms with Crippen molar-refractivity contribution in [3.63, 3.8) is 0 Å². The summed E-state index contributed by atoms with van der Waals surface area (Å²) in [5.41, 5.74) is 6.87. The third kappa shape index (κ3) is 4.96. The van der Waals surface area contributed by atoms with E-state index in [-0.39, 0.29) is 12.4 Å². The molecule has 3 heterocycles. The summed E-state index contributed by atoms with van der Waals surface area (Å²) in [6.45, 7) is -0.484. The van der Waals surface area contributed by atoms with Gasteiger partial charge in [-0.1, -0.05) is 5.92 Å². The number of hydrogen-bond acceptors (Lipinski definition) is 10. The molecule has 2 aromatic heterocycles. The minimum Gasteiger partial charge on any atom is -0.368 e. The van der Waals surface area contributed by atoms with Crippen molar-refractivity contribution in [1.29, 1.82) is 0 Å².